The molecule has 4 nitrogen and oxygen atoms in total. The number of para-hydroxylation sites is 1. The molecule has 1 heterocycles. The number of hydrogen-bond donors (Lipinski definition) is 1. The van der Waals surface area contributed by atoms with E-state index in [-0.39, 0.29) is 0 Å². The van der Waals surface area contributed by atoms with Crippen LogP contribution >= 0.6 is 0 Å². The van der Waals surface area contributed by atoms with Crippen molar-refractivity contribution < 1.29 is 9.47 Å². The first-order valence-electron chi connectivity index (χ1n) is 7.35. The highest BCUT2D eigenvalue weighted by Crippen LogP contribution is 2.34. The minimum Gasteiger partial charge on any atom is -0.493 e. The smallest absolute Gasteiger partial charge is 0.124 e. The van der Waals surface area contributed by atoms with Gasteiger partial charge in [0.2, 0.25) is 0 Å². The summed E-state index contributed by atoms with van der Waals surface area (Å²) in [5.74, 6) is 1.52. The Balaban J connectivity index is 1.86. The average Bonchev–Trinajstić information content (AvgIpc) is 2.47. The molecule has 112 valence electrons. The van der Waals surface area contributed by atoms with E-state index in [9.17, 15) is 0 Å². The van der Waals surface area contributed by atoms with Crippen LogP contribution in [0, 0.1) is 5.92 Å². The molecule has 1 aromatic rings. The molecule has 1 aliphatic rings. The summed E-state index contributed by atoms with van der Waals surface area (Å²) in [5, 5.41) is 3.67. The van der Waals surface area contributed by atoms with Crippen LogP contribution in [-0.2, 0) is 4.74 Å². The van der Waals surface area contributed by atoms with E-state index in [0.717, 1.165) is 38.6 Å². The average molecular weight is 278 g/mol. The van der Waals surface area contributed by atoms with Crippen molar-refractivity contribution in [1.29, 1.82) is 0 Å². The zero-order valence-electron chi connectivity index (χ0n) is 12.8. The molecule has 0 amide bonds. The van der Waals surface area contributed by atoms with Crippen molar-refractivity contribution in [2.75, 3.05) is 47.0 Å². The van der Waals surface area contributed by atoms with Gasteiger partial charge in [0.25, 0.3) is 0 Å². The summed E-state index contributed by atoms with van der Waals surface area (Å²) in [5.41, 5.74) is 1.28. The van der Waals surface area contributed by atoms with Gasteiger partial charge in [-0.3, -0.25) is 0 Å². The molecule has 2 rings (SSSR count). The number of nitrogens with zero attached hydrogens (tertiary/aromatic N) is 1. The highest BCUT2D eigenvalue weighted by molar-refractivity contribution is 5.37. The van der Waals surface area contributed by atoms with E-state index < -0.39 is 0 Å². The van der Waals surface area contributed by atoms with Gasteiger partial charge in [-0.2, -0.15) is 0 Å². The van der Waals surface area contributed by atoms with Crippen molar-refractivity contribution in [2.45, 2.75) is 13.0 Å². The predicted molar refractivity (Wildman–Crippen MR) is 81.2 cm³/mol. The number of methoxy groups -OCH3 is 1. The first-order valence-corrected chi connectivity index (χ1v) is 7.35. The van der Waals surface area contributed by atoms with Gasteiger partial charge < -0.3 is 19.7 Å². The zero-order valence-corrected chi connectivity index (χ0v) is 12.8. The molecule has 1 aromatic carbocycles. The molecule has 1 N–H and O–H groups in total. The van der Waals surface area contributed by atoms with Crippen molar-refractivity contribution in [3.63, 3.8) is 0 Å². The Morgan fingerprint density at radius 2 is 2.15 bits per heavy atom. The van der Waals surface area contributed by atoms with Crippen molar-refractivity contribution in [1.82, 2.24) is 10.2 Å². The number of nitrogens with one attached hydrogen (secondary N) is 1. The van der Waals surface area contributed by atoms with Crippen LogP contribution in [0.25, 0.3) is 0 Å². The van der Waals surface area contributed by atoms with E-state index in [1.54, 1.807) is 7.11 Å². The standard InChI is InChI=1S/C16H26N2O2/c1-13-12-20-15-7-5-4-6-14(15)16(13)17-8-9-18(2)10-11-19-3/h4-7,13,16-17H,8-12H2,1-3H3. The minimum atomic E-state index is 0.385. The molecule has 0 saturated carbocycles. The molecule has 0 fully saturated rings. The predicted octanol–water partition coefficient (Wildman–Crippen LogP) is 1.92. The van der Waals surface area contributed by atoms with E-state index in [1.165, 1.54) is 5.56 Å². The van der Waals surface area contributed by atoms with Gasteiger partial charge in [-0.05, 0) is 13.1 Å². The van der Waals surface area contributed by atoms with Gasteiger partial charge in [-0.25, -0.2) is 0 Å². The maximum Gasteiger partial charge on any atom is 0.124 e. The number of hydrogen-bond acceptors (Lipinski definition) is 4. The minimum absolute atomic E-state index is 0.385. The fourth-order valence-electron chi connectivity index (χ4n) is 2.57. The van der Waals surface area contributed by atoms with Crippen molar-refractivity contribution in [3.8, 4) is 5.75 Å². The quantitative estimate of drug-likeness (QED) is 0.826. The topological polar surface area (TPSA) is 33.7 Å². The fraction of sp³-hybridized carbons (Fsp3) is 0.625. The van der Waals surface area contributed by atoms with Gasteiger partial charge in [0, 0.05) is 44.3 Å². The molecule has 2 unspecified atom stereocenters. The van der Waals surface area contributed by atoms with Crippen molar-refractivity contribution >= 4 is 0 Å². The largest absolute Gasteiger partial charge is 0.493 e. The summed E-state index contributed by atoms with van der Waals surface area (Å²) in [6.07, 6.45) is 0. The van der Waals surface area contributed by atoms with Crippen LogP contribution in [0.4, 0.5) is 0 Å². The fourth-order valence-corrected chi connectivity index (χ4v) is 2.57. The van der Waals surface area contributed by atoms with Crippen LogP contribution in [0.2, 0.25) is 0 Å². The summed E-state index contributed by atoms with van der Waals surface area (Å²) < 4.78 is 10.9. The molecule has 1 aliphatic heterocycles. The third kappa shape index (κ3) is 3.95. The Morgan fingerprint density at radius 1 is 1.35 bits per heavy atom. The van der Waals surface area contributed by atoms with Gasteiger partial charge in [0.05, 0.1) is 13.2 Å². The van der Waals surface area contributed by atoms with E-state index in [1.807, 2.05) is 6.07 Å². The summed E-state index contributed by atoms with van der Waals surface area (Å²) in [4.78, 5) is 2.28. The summed E-state index contributed by atoms with van der Waals surface area (Å²) in [6.45, 7) is 6.78. The van der Waals surface area contributed by atoms with Gasteiger partial charge in [0.15, 0.2) is 0 Å². The molecule has 0 spiro atoms. The Bertz CT molecular complexity index is 411. The van der Waals surface area contributed by atoms with Crippen LogP contribution in [0.5, 0.6) is 5.75 Å². The summed E-state index contributed by atoms with van der Waals surface area (Å²) in [7, 11) is 3.87. The summed E-state index contributed by atoms with van der Waals surface area (Å²) >= 11 is 0. The van der Waals surface area contributed by atoms with Gasteiger partial charge in [0.1, 0.15) is 5.75 Å². The molecule has 0 aromatic heterocycles. The van der Waals surface area contributed by atoms with E-state index in [2.05, 4.69) is 42.4 Å². The lowest BCUT2D eigenvalue weighted by Gasteiger charge is -2.32. The molecule has 0 radical (unpaired) electrons. The van der Waals surface area contributed by atoms with E-state index in [0.29, 0.717) is 12.0 Å². The second-order valence-corrected chi connectivity index (χ2v) is 5.55. The highest BCUT2D eigenvalue weighted by Gasteiger charge is 2.26. The van der Waals surface area contributed by atoms with E-state index in [4.69, 9.17) is 9.47 Å². The molecular formula is C16H26N2O2. The number of likely N-dealkylation sites (N-methyl/N-ethyl adjacent to an activating group) is 1. The van der Waals surface area contributed by atoms with Gasteiger partial charge >= 0.3 is 0 Å². The Hall–Kier alpha value is -1.10. The van der Waals surface area contributed by atoms with E-state index >= 15 is 0 Å². The highest BCUT2D eigenvalue weighted by atomic mass is 16.5. The Labute approximate surface area is 122 Å². The third-order valence-corrected chi connectivity index (χ3v) is 3.86. The zero-order chi connectivity index (χ0) is 14.4. The maximum absolute atomic E-state index is 5.78. The van der Waals surface area contributed by atoms with Gasteiger partial charge in [-0.1, -0.05) is 25.1 Å². The lowest BCUT2D eigenvalue weighted by Crippen LogP contribution is -2.38. The van der Waals surface area contributed by atoms with Crippen LogP contribution in [0.15, 0.2) is 24.3 Å². The van der Waals surface area contributed by atoms with Crippen molar-refractivity contribution in [3.05, 3.63) is 29.8 Å². The molecule has 20 heavy (non-hydrogen) atoms. The molecule has 0 aliphatic carbocycles. The first-order chi connectivity index (χ1) is 9.72. The Morgan fingerprint density at radius 3 is 2.95 bits per heavy atom. The van der Waals surface area contributed by atoms with Crippen molar-refractivity contribution in [2.24, 2.45) is 5.92 Å². The van der Waals surface area contributed by atoms with Crippen LogP contribution in [0.1, 0.15) is 18.5 Å². The van der Waals surface area contributed by atoms with Crippen LogP contribution < -0.4 is 10.1 Å². The van der Waals surface area contributed by atoms with Crippen LogP contribution in [-0.4, -0.2) is 51.9 Å². The normalized spacial score (nSPS) is 21.6. The molecule has 4 heteroatoms. The summed E-state index contributed by atoms with van der Waals surface area (Å²) in [6, 6.07) is 8.72. The third-order valence-electron chi connectivity index (χ3n) is 3.86. The SMILES string of the molecule is COCCN(C)CCNC1c2ccccc2OCC1C. The molecule has 0 bridgehead atoms. The maximum atomic E-state index is 5.78. The molecular weight excluding hydrogens is 252 g/mol. The number of ether oxygens (including phenoxy) is 2. The second kappa shape index (κ2) is 7.62. The lowest BCUT2D eigenvalue weighted by atomic mass is 9.92. The molecule has 0 saturated heterocycles. The number of fused-ring (bicyclic) bond motifs is 1. The monoisotopic (exact) mass is 278 g/mol. The second-order valence-electron chi connectivity index (χ2n) is 5.55. The van der Waals surface area contributed by atoms with Gasteiger partial charge in [-0.15, -0.1) is 0 Å². The lowest BCUT2D eigenvalue weighted by molar-refractivity contribution is 0.156. The Kier molecular flexibility index (Phi) is 5.83. The number of benzene rings is 1. The first kappa shape index (κ1) is 15.3. The molecule has 2 atom stereocenters. The van der Waals surface area contributed by atoms with Crippen LogP contribution in [0.3, 0.4) is 0 Å². The number of rotatable bonds is 7.